The number of methoxy groups -OCH3 is 1. The molecular formula is C18H21N5O4. The molecule has 2 aromatic heterocycles. The fraction of sp³-hybridized carbons (Fsp3) is 0.333. The fourth-order valence-electron chi connectivity index (χ4n) is 2.83. The molecule has 0 unspecified atom stereocenters. The lowest BCUT2D eigenvalue weighted by Crippen LogP contribution is -2.31. The van der Waals surface area contributed by atoms with Crippen LogP contribution in [0.3, 0.4) is 0 Å². The number of carbonyl (C=O) groups is 1. The Bertz CT molecular complexity index is 1060. The minimum atomic E-state index is -0.557. The Hall–Kier alpha value is -3.36. The molecule has 0 fully saturated rings. The van der Waals surface area contributed by atoms with Crippen LogP contribution in [0.2, 0.25) is 0 Å². The van der Waals surface area contributed by atoms with E-state index >= 15 is 0 Å². The van der Waals surface area contributed by atoms with Crippen molar-refractivity contribution < 1.29 is 9.53 Å². The average Bonchev–Trinajstić information content (AvgIpc) is 3.08. The Morgan fingerprint density at radius 2 is 2.00 bits per heavy atom. The second-order valence-corrected chi connectivity index (χ2v) is 6.16. The van der Waals surface area contributed by atoms with Gasteiger partial charge in [0, 0.05) is 13.6 Å². The first-order valence-corrected chi connectivity index (χ1v) is 8.53. The van der Waals surface area contributed by atoms with E-state index in [1.54, 1.807) is 7.11 Å². The molecule has 0 atom stereocenters. The molecule has 0 saturated carbocycles. The van der Waals surface area contributed by atoms with Crippen molar-refractivity contribution in [2.24, 2.45) is 7.05 Å². The molecule has 3 aromatic rings. The van der Waals surface area contributed by atoms with Gasteiger partial charge in [0.1, 0.15) is 12.3 Å². The van der Waals surface area contributed by atoms with Crippen LogP contribution in [0.15, 0.2) is 40.2 Å². The van der Waals surface area contributed by atoms with Crippen molar-refractivity contribution in [3.05, 3.63) is 57.0 Å². The normalized spacial score (nSPS) is 10.9. The summed E-state index contributed by atoms with van der Waals surface area (Å²) in [7, 11) is 3.14. The monoisotopic (exact) mass is 371 g/mol. The van der Waals surface area contributed by atoms with Gasteiger partial charge in [-0.2, -0.15) is 0 Å². The third-order valence-corrected chi connectivity index (χ3v) is 4.31. The molecule has 3 rings (SSSR count). The van der Waals surface area contributed by atoms with Crippen LogP contribution in [0.25, 0.3) is 11.2 Å². The third-order valence-electron chi connectivity index (χ3n) is 4.31. The van der Waals surface area contributed by atoms with E-state index in [0.717, 1.165) is 24.2 Å². The zero-order valence-corrected chi connectivity index (χ0v) is 15.2. The van der Waals surface area contributed by atoms with E-state index in [2.05, 4.69) is 15.3 Å². The van der Waals surface area contributed by atoms with Gasteiger partial charge < -0.3 is 14.6 Å². The van der Waals surface area contributed by atoms with Crippen LogP contribution in [-0.2, 0) is 24.8 Å². The van der Waals surface area contributed by atoms with E-state index in [4.69, 9.17) is 4.74 Å². The molecule has 9 heteroatoms. The SMILES string of the molecule is COc1ccc(CCCNC(=O)Cn2cnc3c2c(=O)[nH]c(=O)n3C)cc1. The summed E-state index contributed by atoms with van der Waals surface area (Å²) in [6, 6.07) is 7.80. The molecule has 2 N–H and O–H groups in total. The fourth-order valence-corrected chi connectivity index (χ4v) is 2.83. The summed E-state index contributed by atoms with van der Waals surface area (Å²) in [6.45, 7) is 0.479. The number of amides is 1. The number of fused-ring (bicyclic) bond motifs is 1. The maximum Gasteiger partial charge on any atom is 0.329 e. The molecule has 1 amide bonds. The minimum Gasteiger partial charge on any atom is -0.497 e. The number of carbonyl (C=O) groups excluding carboxylic acids is 1. The van der Waals surface area contributed by atoms with E-state index in [0.29, 0.717) is 6.54 Å². The quantitative estimate of drug-likeness (QED) is 0.576. The predicted molar refractivity (Wildman–Crippen MR) is 99.9 cm³/mol. The molecule has 2 heterocycles. The van der Waals surface area contributed by atoms with Gasteiger partial charge in [0.05, 0.1) is 13.4 Å². The Kier molecular flexibility index (Phi) is 5.39. The van der Waals surface area contributed by atoms with Crippen LogP contribution in [0, 0.1) is 0 Å². The van der Waals surface area contributed by atoms with Crippen molar-refractivity contribution in [1.82, 2.24) is 24.4 Å². The molecule has 0 spiro atoms. The minimum absolute atomic E-state index is 0.0413. The number of imidazole rings is 1. The van der Waals surface area contributed by atoms with Gasteiger partial charge in [0.15, 0.2) is 11.2 Å². The topological polar surface area (TPSA) is 111 Å². The Morgan fingerprint density at radius 3 is 2.70 bits per heavy atom. The lowest BCUT2D eigenvalue weighted by Gasteiger charge is -2.07. The lowest BCUT2D eigenvalue weighted by molar-refractivity contribution is -0.121. The van der Waals surface area contributed by atoms with E-state index in [1.165, 1.54) is 22.5 Å². The molecule has 142 valence electrons. The number of aromatic nitrogens is 4. The maximum absolute atomic E-state index is 12.2. The first kappa shape index (κ1) is 18.4. The Labute approximate surface area is 154 Å². The van der Waals surface area contributed by atoms with E-state index in [9.17, 15) is 14.4 Å². The molecule has 0 aliphatic heterocycles. The second-order valence-electron chi connectivity index (χ2n) is 6.16. The molecule has 1 aromatic carbocycles. The summed E-state index contributed by atoms with van der Waals surface area (Å²) in [5, 5.41) is 2.83. The summed E-state index contributed by atoms with van der Waals surface area (Å²) in [5.41, 5.74) is 0.512. The van der Waals surface area contributed by atoms with Gasteiger partial charge in [0.25, 0.3) is 5.56 Å². The van der Waals surface area contributed by atoms with Gasteiger partial charge in [-0.05, 0) is 30.5 Å². The average molecular weight is 371 g/mol. The zero-order valence-electron chi connectivity index (χ0n) is 15.2. The number of nitrogens with zero attached hydrogens (tertiary/aromatic N) is 3. The zero-order chi connectivity index (χ0) is 19.4. The molecule has 0 bridgehead atoms. The first-order valence-electron chi connectivity index (χ1n) is 8.53. The summed E-state index contributed by atoms with van der Waals surface area (Å²) in [6.07, 6.45) is 3.01. The predicted octanol–water partition coefficient (Wildman–Crippen LogP) is 0.181. The highest BCUT2D eigenvalue weighted by molar-refractivity contribution is 5.78. The molecule has 0 aliphatic rings. The second kappa shape index (κ2) is 7.90. The number of benzene rings is 1. The highest BCUT2D eigenvalue weighted by Crippen LogP contribution is 2.12. The molecule has 9 nitrogen and oxygen atoms in total. The van der Waals surface area contributed by atoms with Crippen molar-refractivity contribution in [3.63, 3.8) is 0 Å². The highest BCUT2D eigenvalue weighted by Gasteiger charge is 2.13. The van der Waals surface area contributed by atoms with E-state index in [-0.39, 0.29) is 23.6 Å². The number of rotatable bonds is 7. The van der Waals surface area contributed by atoms with Crippen LogP contribution in [0.5, 0.6) is 5.75 Å². The standard InChI is InChI=1S/C18H21N5O4/c1-22-16-15(17(25)21-18(22)26)23(11-20-16)10-14(24)19-9-3-4-12-5-7-13(27-2)8-6-12/h5-8,11H,3-4,9-10H2,1-2H3,(H,19,24)(H,21,25,26). The Morgan fingerprint density at radius 1 is 1.26 bits per heavy atom. The molecule has 0 aliphatic carbocycles. The van der Waals surface area contributed by atoms with Gasteiger partial charge in [-0.1, -0.05) is 12.1 Å². The number of aryl methyl sites for hydroxylation is 2. The number of nitrogens with one attached hydrogen (secondary N) is 2. The lowest BCUT2D eigenvalue weighted by atomic mass is 10.1. The smallest absolute Gasteiger partial charge is 0.329 e. The van der Waals surface area contributed by atoms with Gasteiger partial charge in [0.2, 0.25) is 5.91 Å². The van der Waals surface area contributed by atoms with Crippen LogP contribution >= 0.6 is 0 Å². The number of H-pyrrole nitrogens is 1. The third kappa shape index (κ3) is 4.08. The largest absolute Gasteiger partial charge is 0.497 e. The van der Waals surface area contributed by atoms with Crippen molar-refractivity contribution in [2.75, 3.05) is 13.7 Å². The van der Waals surface area contributed by atoms with Crippen LogP contribution in [0.4, 0.5) is 0 Å². The van der Waals surface area contributed by atoms with Crippen molar-refractivity contribution in [2.45, 2.75) is 19.4 Å². The molecule has 0 saturated heterocycles. The number of hydrogen-bond acceptors (Lipinski definition) is 5. The number of hydrogen-bond donors (Lipinski definition) is 2. The van der Waals surface area contributed by atoms with Crippen molar-refractivity contribution in [3.8, 4) is 5.75 Å². The summed E-state index contributed by atoms with van der Waals surface area (Å²) >= 11 is 0. The van der Waals surface area contributed by atoms with Crippen LogP contribution in [0.1, 0.15) is 12.0 Å². The number of ether oxygens (including phenoxy) is 1. The maximum atomic E-state index is 12.2. The first-order chi connectivity index (χ1) is 13.0. The molecule has 0 radical (unpaired) electrons. The van der Waals surface area contributed by atoms with E-state index < -0.39 is 11.2 Å². The number of aromatic amines is 1. The summed E-state index contributed by atoms with van der Waals surface area (Å²) in [5.74, 6) is 0.587. The van der Waals surface area contributed by atoms with E-state index in [1.807, 2.05) is 24.3 Å². The van der Waals surface area contributed by atoms with Gasteiger partial charge in [-0.25, -0.2) is 9.78 Å². The van der Waals surface area contributed by atoms with Crippen LogP contribution < -0.4 is 21.3 Å². The Balaban J connectivity index is 1.55. The highest BCUT2D eigenvalue weighted by atomic mass is 16.5. The van der Waals surface area contributed by atoms with Crippen molar-refractivity contribution in [1.29, 1.82) is 0 Å². The van der Waals surface area contributed by atoms with Gasteiger partial charge in [-0.3, -0.25) is 19.1 Å². The van der Waals surface area contributed by atoms with Crippen molar-refractivity contribution >= 4 is 17.1 Å². The van der Waals surface area contributed by atoms with Gasteiger partial charge >= 0.3 is 5.69 Å². The molecule has 27 heavy (non-hydrogen) atoms. The summed E-state index contributed by atoms with van der Waals surface area (Å²) < 4.78 is 7.79. The van der Waals surface area contributed by atoms with Crippen LogP contribution in [-0.4, -0.2) is 38.7 Å². The summed E-state index contributed by atoms with van der Waals surface area (Å²) in [4.78, 5) is 42.0. The van der Waals surface area contributed by atoms with Gasteiger partial charge in [-0.15, -0.1) is 0 Å². The molecular weight excluding hydrogens is 350 g/mol.